The topological polar surface area (TPSA) is 64.0 Å². The molecule has 0 saturated carbocycles. The van der Waals surface area contributed by atoms with Crippen LogP contribution < -0.4 is 4.72 Å². The number of hydrogen-bond acceptors (Lipinski definition) is 3. The summed E-state index contributed by atoms with van der Waals surface area (Å²) >= 11 is 11.8. The van der Waals surface area contributed by atoms with Crippen LogP contribution in [0.15, 0.2) is 41.6 Å². The van der Waals surface area contributed by atoms with Crippen LogP contribution in [0, 0.1) is 0 Å². The van der Waals surface area contributed by atoms with Crippen LogP contribution in [-0.2, 0) is 16.6 Å². The van der Waals surface area contributed by atoms with E-state index in [9.17, 15) is 8.42 Å². The highest BCUT2D eigenvalue weighted by atomic mass is 35.5. The van der Waals surface area contributed by atoms with Gasteiger partial charge in [-0.05, 0) is 25.1 Å². The number of benzene rings is 1. The van der Waals surface area contributed by atoms with Crippen LogP contribution in [0.25, 0.3) is 0 Å². The van der Waals surface area contributed by atoms with Gasteiger partial charge in [0.25, 0.3) is 0 Å². The van der Waals surface area contributed by atoms with Crippen molar-refractivity contribution in [2.75, 3.05) is 0 Å². The van der Waals surface area contributed by atoms with Gasteiger partial charge < -0.3 is 0 Å². The molecule has 1 aromatic carbocycles. The second-order valence-corrected chi connectivity index (χ2v) is 6.77. The first kappa shape index (κ1) is 15.3. The highest BCUT2D eigenvalue weighted by Gasteiger charge is 2.21. The molecule has 8 heteroatoms. The molecule has 108 valence electrons. The number of nitrogens with zero attached hydrogens (tertiary/aromatic N) is 2. The normalized spacial score (nSPS) is 13.3. The molecule has 1 atom stereocenters. The Bertz CT molecular complexity index is 687. The van der Waals surface area contributed by atoms with Crippen molar-refractivity contribution in [3.05, 3.63) is 46.7 Å². The Morgan fingerprint density at radius 2 is 2.10 bits per heavy atom. The molecule has 0 aliphatic heterocycles. The van der Waals surface area contributed by atoms with Gasteiger partial charge >= 0.3 is 0 Å². The fraction of sp³-hybridized carbons (Fsp3) is 0.250. The van der Waals surface area contributed by atoms with Crippen LogP contribution in [0.5, 0.6) is 0 Å². The van der Waals surface area contributed by atoms with Gasteiger partial charge in [-0.25, -0.2) is 13.1 Å². The van der Waals surface area contributed by atoms with Crippen molar-refractivity contribution in [1.29, 1.82) is 0 Å². The molecule has 0 amide bonds. The average Bonchev–Trinajstić information content (AvgIpc) is 2.84. The number of hydrogen-bond donors (Lipinski definition) is 1. The van der Waals surface area contributed by atoms with Gasteiger partial charge in [0, 0.05) is 18.4 Å². The van der Waals surface area contributed by atoms with E-state index in [2.05, 4.69) is 9.82 Å². The largest absolute Gasteiger partial charge is 0.271 e. The van der Waals surface area contributed by atoms with Crippen LogP contribution >= 0.6 is 23.2 Å². The summed E-state index contributed by atoms with van der Waals surface area (Å²) < 4.78 is 28.7. The number of nitrogens with one attached hydrogen (secondary N) is 1. The van der Waals surface area contributed by atoms with Crippen LogP contribution in [0.3, 0.4) is 0 Å². The molecule has 2 rings (SSSR count). The van der Waals surface area contributed by atoms with E-state index in [0.29, 0.717) is 6.54 Å². The molecule has 0 unspecified atom stereocenters. The minimum atomic E-state index is -3.72. The van der Waals surface area contributed by atoms with Crippen molar-refractivity contribution < 1.29 is 8.42 Å². The molecule has 1 N–H and O–H groups in total. The third-order valence-electron chi connectivity index (χ3n) is 2.58. The number of rotatable bonds is 5. The van der Waals surface area contributed by atoms with Crippen LogP contribution in [0.2, 0.25) is 10.0 Å². The molecule has 0 aliphatic rings. The molecule has 5 nitrogen and oxygen atoms in total. The fourth-order valence-corrected chi connectivity index (χ4v) is 3.74. The molecule has 0 saturated heterocycles. The monoisotopic (exact) mass is 333 g/mol. The molecule has 0 spiro atoms. The van der Waals surface area contributed by atoms with Gasteiger partial charge in [0.15, 0.2) is 0 Å². The Balaban J connectivity index is 2.16. The first-order valence-electron chi connectivity index (χ1n) is 5.84. The Morgan fingerprint density at radius 3 is 2.75 bits per heavy atom. The third kappa shape index (κ3) is 3.52. The fourth-order valence-electron chi connectivity index (χ4n) is 1.75. The van der Waals surface area contributed by atoms with E-state index < -0.39 is 10.0 Å². The van der Waals surface area contributed by atoms with Crippen molar-refractivity contribution >= 4 is 33.2 Å². The van der Waals surface area contributed by atoms with E-state index in [1.54, 1.807) is 36.1 Å². The summed E-state index contributed by atoms with van der Waals surface area (Å²) in [6.45, 7) is 2.17. The van der Waals surface area contributed by atoms with Gasteiger partial charge in [0.2, 0.25) is 10.0 Å². The van der Waals surface area contributed by atoms with Crippen molar-refractivity contribution in [3.8, 4) is 0 Å². The Labute approximate surface area is 127 Å². The van der Waals surface area contributed by atoms with Gasteiger partial charge in [0.1, 0.15) is 4.90 Å². The van der Waals surface area contributed by atoms with E-state index in [-0.39, 0.29) is 21.0 Å². The minimum Gasteiger partial charge on any atom is -0.271 e. The maximum atomic E-state index is 12.3. The third-order valence-corrected chi connectivity index (χ3v) is 5.14. The van der Waals surface area contributed by atoms with Crippen molar-refractivity contribution in [2.45, 2.75) is 24.4 Å². The molecular weight excluding hydrogens is 321 g/mol. The maximum Gasteiger partial charge on any atom is 0.242 e. The predicted octanol–water partition coefficient (Wildman–Crippen LogP) is 2.56. The van der Waals surface area contributed by atoms with Gasteiger partial charge in [-0.2, -0.15) is 5.10 Å². The number of sulfonamides is 1. The van der Waals surface area contributed by atoms with Gasteiger partial charge in [-0.3, -0.25) is 4.68 Å². The zero-order valence-corrected chi connectivity index (χ0v) is 13.0. The average molecular weight is 334 g/mol. The Hall–Kier alpha value is -1.08. The van der Waals surface area contributed by atoms with Gasteiger partial charge in [-0.15, -0.1) is 0 Å². The van der Waals surface area contributed by atoms with E-state index in [0.717, 1.165) is 0 Å². The predicted molar refractivity (Wildman–Crippen MR) is 78.5 cm³/mol. The summed E-state index contributed by atoms with van der Waals surface area (Å²) in [6, 6.07) is 5.93. The molecule has 0 radical (unpaired) electrons. The Morgan fingerprint density at radius 1 is 1.35 bits per heavy atom. The highest BCUT2D eigenvalue weighted by Crippen LogP contribution is 2.28. The van der Waals surface area contributed by atoms with Crippen molar-refractivity contribution in [3.63, 3.8) is 0 Å². The standard InChI is InChI=1S/C12H13Cl2N3O2S/c1-9(8-17-7-3-6-15-17)16-20(18,19)11-5-2-4-10(13)12(11)14/h2-7,9,16H,8H2,1H3/t9-/m0/s1. The second kappa shape index (κ2) is 6.13. The van der Waals surface area contributed by atoms with Crippen LogP contribution in [0.1, 0.15) is 6.92 Å². The van der Waals surface area contributed by atoms with E-state index in [1.165, 1.54) is 12.1 Å². The maximum absolute atomic E-state index is 12.3. The quantitative estimate of drug-likeness (QED) is 0.914. The summed E-state index contributed by atoms with van der Waals surface area (Å²) in [5.41, 5.74) is 0. The number of aromatic nitrogens is 2. The second-order valence-electron chi connectivity index (χ2n) is 4.30. The number of halogens is 2. The van der Waals surface area contributed by atoms with Crippen LogP contribution in [-0.4, -0.2) is 24.2 Å². The molecule has 20 heavy (non-hydrogen) atoms. The summed E-state index contributed by atoms with van der Waals surface area (Å²) in [6.07, 6.45) is 3.40. The van der Waals surface area contributed by atoms with Crippen molar-refractivity contribution in [1.82, 2.24) is 14.5 Å². The molecule has 1 aromatic heterocycles. The zero-order valence-electron chi connectivity index (χ0n) is 10.6. The van der Waals surface area contributed by atoms with E-state index >= 15 is 0 Å². The first-order valence-corrected chi connectivity index (χ1v) is 8.08. The van der Waals surface area contributed by atoms with E-state index in [4.69, 9.17) is 23.2 Å². The molecule has 1 heterocycles. The molecule has 2 aromatic rings. The molecule has 0 fully saturated rings. The minimum absolute atomic E-state index is 0.0213. The molecule has 0 bridgehead atoms. The first-order chi connectivity index (χ1) is 9.40. The molecular formula is C12H13Cl2N3O2S. The smallest absolute Gasteiger partial charge is 0.242 e. The van der Waals surface area contributed by atoms with Gasteiger partial charge in [0.05, 0.1) is 16.6 Å². The van der Waals surface area contributed by atoms with E-state index in [1.807, 2.05) is 0 Å². The lowest BCUT2D eigenvalue weighted by atomic mass is 10.4. The molecule has 0 aliphatic carbocycles. The summed E-state index contributed by atoms with van der Waals surface area (Å²) in [5.74, 6) is 0. The summed E-state index contributed by atoms with van der Waals surface area (Å²) in [7, 11) is -3.72. The lowest BCUT2D eigenvalue weighted by Gasteiger charge is -2.15. The lowest BCUT2D eigenvalue weighted by molar-refractivity contribution is 0.494. The summed E-state index contributed by atoms with van der Waals surface area (Å²) in [5, 5.41) is 4.25. The van der Waals surface area contributed by atoms with Crippen molar-refractivity contribution in [2.24, 2.45) is 0 Å². The summed E-state index contributed by atoms with van der Waals surface area (Å²) in [4.78, 5) is -0.0287. The van der Waals surface area contributed by atoms with Crippen LogP contribution in [0.4, 0.5) is 0 Å². The van der Waals surface area contributed by atoms with Gasteiger partial charge in [-0.1, -0.05) is 29.3 Å². The highest BCUT2D eigenvalue weighted by molar-refractivity contribution is 7.89. The Kier molecular flexibility index (Phi) is 4.70. The zero-order chi connectivity index (χ0) is 14.8. The lowest BCUT2D eigenvalue weighted by Crippen LogP contribution is -2.35. The SMILES string of the molecule is C[C@@H](Cn1cccn1)NS(=O)(=O)c1cccc(Cl)c1Cl.